The number of benzene rings is 2. The van der Waals surface area contributed by atoms with E-state index in [1.54, 1.807) is 12.1 Å². The third kappa shape index (κ3) is 3.32. The maximum Gasteiger partial charge on any atom is 0.271 e. The summed E-state index contributed by atoms with van der Waals surface area (Å²) in [4.78, 5) is 12.0. The standard InChI is InChI=1S/C17H18N2O/c1-12-8-10-15(11-9-12)17(20)19-18-14(3)16-7-5-4-6-13(16)2/h4-11H,1-3H3,(H,19,20)/b18-14-. The molecule has 20 heavy (non-hydrogen) atoms. The van der Waals surface area contributed by atoms with Crippen LogP contribution in [0.25, 0.3) is 0 Å². The minimum Gasteiger partial charge on any atom is -0.267 e. The largest absolute Gasteiger partial charge is 0.271 e. The lowest BCUT2D eigenvalue weighted by Gasteiger charge is -2.06. The Bertz CT molecular complexity index is 642. The molecule has 0 saturated heterocycles. The Hall–Kier alpha value is -2.42. The van der Waals surface area contributed by atoms with Gasteiger partial charge in [0.15, 0.2) is 0 Å². The molecule has 0 aromatic heterocycles. The lowest BCUT2D eigenvalue weighted by molar-refractivity contribution is 0.0955. The van der Waals surface area contributed by atoms with E-state index in [1.807, 2.05) is 57.2 Å². The van der Waals surface area contributed by atoms with Crippen LogP contribution in [-0.4, -0.2) is 11.6 Å². The molecule has 0 bridgehead atoms. The zero-order valence-corrected chi connectivity index (χ0v) is 12.0. The van der Waals surface area contributed by atoms with Crippen molar-refractivity contribution < 1.29 is 4.79 Å². The molecule has 0 aliphatic rings. The minimum atomic E-state index is -0.196. The molecule has 0 spiro atoms. The summed E-state index contributed by atoms with van der Waals surface area (Å²) in [6.45, 7) is 5.90. The highest BCUT2D eigenvalue weighted by molar-refractivity contribution is 6.01. The summed E-state index contributed by atoms with van der Waals surface area (Å²) in [5.41, 5.74) is 7.30. The van der Waals surface area contributed by atoms with Gasteiger partial charge >= 0.3 is 0 Å². The van der Waals surface area contributed by atoms with E-state index in [0.29, 0.717) is 5.56 Å². The van der Waals surface area contributed by atoms with Gasteiger partial charge in [-0.2, -0.15) is 5.10 Å². The number of carbonyl (C=O) groups is 1. The van der Waals surface area contributed by atoms with Gasteiger partial charge in [-0.05, 0) is 38.5 Å². The third-order valence-corrected chi connectivity index (χ3v) is 3.17. The van der Waals surface area contributed by atoms with Gasteiger partial charge in [0.2, 0.25) is 0 Å². The van der Waals surface area contributed by atoms with Gasteiger partial charge in [-0.1, -0.05) is 42.0 Å². The minimum absolute atomic E-state index is 0.196. The summed E-state index contributed by atoms with van der Waals surface area (Å²) >= 11 is 0. The zero-order chi connectivity index (χ0) is 14.5. The van der Waals surface area contributed by atoms with Crippen molar-refractivity contribution in [2.75, 3.05) is 0 Å². The summed E-state index contributed by atoms with van der Waals surface area (Å²) in [6.07, 6.45) is 0. The Morgan fingerprint density at radius 1 is 1.00 bits per heavy atom. The molecule has 0 atom stereocenters. The number of nitrogens with zero attached hydrogens (tertiary/aromatic N) is 1. The molecule has 2 aromatic carbocycles. The third-order valence-electron chi connectivity index (χ3n) is 3.17. The summed E-state index contributed by atoms with van der Waals surface area (Å²) in [5, 5.41) is 4.17. The fraction of sp³-hybridized carbons (Fsp3) is 0.176. The maximum absolute atomic E-state index is 12.0. The van der Waals surface area contributed by atoms with E-state index in [9.17, 15) is 4.79 Å². The average molecular weight is 266 g/mol. The first kappa shape index (κ1) is 14.0. The van der Waals surface area contributed by atoms with Gasteiger partial charge in [-0.25, -0.2) is 5.43 Å². The SMILES string of the molecule is C/C(=N/NC(=O)c1ccc(C)cc1)c1ccccc1C. The van der Waals surface area contributed by atoms with Crippen LogP contribution in [0, 0.1) is 13.8 Å². The highest BCUT2D eigenvalue weighted by atomic mass is 16.2. The van der Waals surface area contributed by atoms with Gasteiger partial charge in [0.25, 0.3) is 5.91 Å². The van der Waals surface area contributed by atoms with Crippen LogP contribution in [0.15, 0.2) is 53.6 Å². The Labute approximate surface area is 119 Å². The number of rotatable bonds is 3. The smallest absolute Gasteiger partial charge is 0.267 e. The summed E-state index contributed by atoms with van der Waals surface area (Å²) in [6, 6.07) is 15.4. The molecule has 0 aliphatic heterocycles. The molecule has 3 nitrogen and oxygen atoms in total. The molecule has 0 saturated carbocycles. The average Bonchev–Trinajstić information content (AvgIpc) is 2.45. The topological polar surface area (TPSA) is 41.5 Å². The molecule has 1 amide bonds. The number of amides is 1. The van der Waals surface area contributed by atoms with E-state index < -0.39 is 0 Å². The fourth-order valence-electron chi connectivity index (χ4n) is 1.94. The van der Waals surface area contributed by atoms with Crippen molar-refractivity contribution in [1.29, 1.82) is 0 Å². The Balaban J connectivity index is 2.11. The van der Waals surface area contributed by atoms with Crippen LogP contribution in [0.3, 0.4) is 0 Å². The molecule has 0 fully saturated rings. The van der Waals surface area contributed by atoms with Gasteiger partial charge < -0.3 is 0 Å². The summed E-state index contributed by atoms with van der Waals surface area (Å²) in [5.74, 6) is -0.196. The van der Waals surface area contributed by atoms with Crippen molar-refractivity contribution in [1.82, 2.24) is 5.43 Å². The number of hydrogen-bond donors (Lipinski definition) is 1. The van der Waals surface area contributed by atoms with E-state index in [-0.39, 0.29) is 5.91 Å². The molecule has 2 aromatic rings. The van der Waals surface area contributed by atoms with Crippen LogP contribution in [0.4, 0.5) is 0 Å². The summed E-state index contributed by atoms with van der Waals surface area (Å²) < 4.78 is 0. The second-order valence-corrected chi connectivity index (χ2v) is 4.82. The monoisotopic (exact) mass is 266 g/mol. The Morgan fingerprint density at radius 2 is 1.65 bits per heavy atom. The predicted octanol–water partition coefficient (Wildman–Crippen LogP) is 3.46. The normalized spacial score (nSPS) is 11.2. The lowest BCUT2D eigenvalue weighted by atomic mass is 10.1. The molecule has 3 heteroatoms. The van der Waals surface area contributed by atoms with Crippen LogP contribution in [-0.2, 0) is 0 Å². The van der Waals surface area contributed by atoms with Crippen LogP contribution >= 0.6 is 0 Å². The Morgan fingerprint density at radius 3 is 2.30 bits per heavy atom. The second-order valence-electron chi connectivity index (χ2n) is 4.82. The van der Waals surface area contributed by atoms with Crippen LogP contribution in [0.5, 0.6) is 0 Å². The van der Waals surface area contributed by atoms with Crippen LogP contribution in [0.1, 0.15) is 34.0 Å². The number of carbonyl (C=O) groups excluding carboxylic acids is 1. The molecular formula is C17H18N2O. The fourth-order valence-corrected chi connectivity index (χ4v) is 1.94. The Kier molecular flexibility index (Phi) is 4.31. The molecule has 2 rings (SSSR count). The number of aryl methyl sites for hydroxylation is 2. The number of hydrogen-bond acceptors (Lipinski definition) is 2. The second kappa shape index (κ2) is 6.15. The van der Waals surface area contributed by atoms with Gasteiger partial charge in [-0.15, -0.1) is 0 Å². The van der Waals surface area contributed by atoms with E-state index in [2.05, 4.69) is 10.5 Å². The van der Waals surface area contributed by atoms with Gasteiger partial charge in [0.1, 0.15) is 0 Å². The van der Waals surface area contributed by atoms with Crippen molar-refractivity contribution in [3.05, 3.63) is 70.8 Å². The van der Waals surface area contributed by atoms with Crippen molar-refractivity contribution >= 4 is 11.6 Å². The van der Waals surface area contributed by atoms with Crippen molar-refractivity contribution in [2.45, 2.75) is 20.8 Å². The van der Waals surface area contributed by atoms with E-state index in [0.717, 1.165) is 22.4 Å². The number of nitrogens with one attached hydrogen (secondary N) is 1. The van der Waals surface area contributed by atoms with E-state index >= 15 is 0 Å². The first-order valence-corrected chi connectivity index (χ1v) is 6.55. The number of hydrazone groups is 1. The van der Waals surface area contributed by atoms with Gasteiger partial charge in [0, 0.05) is 11.1 Å². The first-order chi connectivity index (χ1) is 9.58. The van der Waals surface area contributed by atoms with Crippen LogP contribution in [0.2, 0.25) is 0 Å². The lowest BCUT2D eigenvalue weighted by Crippen LogP contribution is -2.19. The van der Waals surface area contributed by atoms with Gasteiger partial charge in [-0.3, -0.25) is 4.79 Å². The van der Waals surface area contributed by atoms with Crippen molar-refractivity contribution in [3.63, 3.8) is 0 Å². The summed E-state index contributed by atoms with van der Waals surface area (Å²) in [7, 11) is 0. The highest BCUT2D eigenvalue weighted by Gasteiger charge is 2.05. The van der Waals surface area contributed by atoms with Gasteiger partial charge in [0.05, 0.1) is 5.71 Å². The molecule has 0 aliphatic carbocycles. The quantitative estimate of drug-likeness (QED) is 0.671. The highest BCUT2D eigenvalue weighted by Crippen LogP contribution is 2.08. The molecule has 0 radical (unpaired) electrons. The van der Waals surface area contributed by atoms with Crippen LogP contribution < -0.4 is 5.43 Å². The first-order valence-electron chi connectivity index (χ1n) is 6.55. The van der Waals surface area contributed by atoms with Crippen molar-refractivity contribution in [2.24, 2.45) is 5.10 Å². The van der Waals surface area contributed by atoms with E-state index in [4.69, 9.17) is 0 Å². The predicted molar refractivity (Wildman–Crippen MR) is 82.0 cm³/mol. The van der Waals surface area contributed by atoms with E-state index in [1.165, 1.54) is 0 Å². The molecule has 102 valence electrons. The molecule has 0 unspecified atom stereocenters. The molecule has 1 N–H and O–H groups in total. The zero-order valence-electron chi connectivity index (χ0n) is 12.0. The molecular weight excluding hydrogens is 248 g/mol. The van der Waals surface area contributed by atoms with Crippen molar-refractivity contribution in [3.8, 4) is 0 Å². The maximum atomic E-state index is 12.0. The molecule has 0 heterocycles.